The number of ketones is 3. The molecule has 4 aromatic rings. The fourth-order valence-corrected chi connectivity index (χ4v) is 5.27. The molecule has 3 heterocycles. The van der Waals surface area contributed by atoms with E-state index in [1.807, 2.05) is 24.3 Å². The fourth-order valence-electron chi connectivity index (χ4n) is 5.27. The summed E-state index contributed by atoms with van der Waals surface area (Å²) in [5.41, 5.74) is 2.86. The molecule has 10 heteroatoms. The summed E-state index contributed by atoms with van der Waals surface area (Å²) in [5, 5.41) is 16.3. The molecule has 0 unspecified atom stereocenters. The molecule has 0 spiro atoms. The first-order valence-corrected chi connectivity index (χ1v) is 12.9. The van der Waals surface area contributed by atoms with Crippen LogP contribution in [0.5, 0.6) is 0 Å². The number of carbonyl (C=O) groups excluding carboxylic acids is 3. The molecule has 6 rings (SSSR count). The van der Waals surface area contributed by atoms with Crippen molar-refractivity contribution in [1.82, 2.24) is 19.7 Å². The Bertz CT molecular complexity index is 1560. The van der Waals surface area contributed by atoms with Crippen molar-refractivity contribution in [2.45, 2.75) is 13.0 Å². The zero-order chi connectivity index (χ0) is 26.9. The van der Waals surface area contributed by atoms with Gasteiger partial charge in [0, 0.05) is 83.1 Å². The molecule has 39 heavy (non-hydrogen) atoms. The fraction of sp³-hybridized carbons (Fsp3) is 0.241. The standard InChI is InChI=1S/C29H26N6O4/c36-27(21-5-3-12-30-19-21)20-8-10-22(11-9-20)33-17-15-32(16-18-33)13-4-14-34-26-25(31-35(34)39)28(37)23-6-1-2-7-24(23)29(26)38/h1-3,5-12,19H,4,13-18H2. The number of rotatable bonds is 7. The molecular weight excluding hydrogens is 496 g/mol. The van der Waals surface area contributed by atoms with Gasteiger partial charge in [-0.2, -0.15) is 0 Å². The van der Waals surface area contributed by atoms with Crippen molar-refractivity contribution in [3.63, 3.8) is 0 Å². The minimum atomic E-state index is -0.394. The van der Waals surface area contributed by atoms with Crippen LogP contribution < -0.4 is 9.86 Å². The van der Waals surface area contributed by atoms with Gasteiger partial charge in [0.15, 0.2) is 11.5 Å². The summed E-state index contributed by atoms with van der Waals surface area (Å²) in [5.74, 6) is -0.786. The minimum Gasteiger partial charge on any atom is -0.571 e. The second kappa shape index (κ2) is 10.2. The molecule has 196 valence electrons. The van der Waals surface area contributed by atoms with Crippen LogP contribution in [0.1, 0.15) is 54.4 Å². The van der Waals surface area contributed by atoms with Crippen LogP contribution in [0.4, 0.5) is 5.69 Å². The summed E-state index contributed by atoms with van der Waals surface area (Å²) < 4.78 is 1.27. The van der Waals surface area contributed by atoms with Gasteiger partial charge in [-0.25, -0.2) is 0 Å². The molecule has 0 radical (unpaired) electrons. The number of benzene rings is 2. The highest BCUT2D eigenvalue weighted by atomic mass is 16.5. The van der Waals surface area contributed by atoms with E-state index in [9.17, 15) is 19.6 Å². The maximum absolute atomic E-state index is 13.1. The maximum atomic E-state index is 13.1. The number of hydrogen-bond donors (Lipinski definition) is 0. The lowest BCUT2D eigenvalue weighted by Crippen LogP contribution is -2.47. The van der Waals surface area contributed by atoms with Crippen molar-refractivity contribution in [2.24, 2.45) is 0 Å². The summed E-state index contributed by atoms with van der Waals surface area (Å²) in [6, 6.07) is 17.8. The van der Waals surface area contributed by atoms with Crippen molar-refractivity contribution in [1.29, 1.82) is 0 Å². The van der Waals surface area contributed by atoms with Gasteiger partial charge >= 0.3 is 0 Å². The lowest BCUT2D eigenvalue weighted by Gasteiger charge is -2.36. The Morgan fingerprint density at radius 2 is 1.56 bits per heavy atom. The number of fused-ring (bicyclic) bond motifs is 2. The van der Waals surface area contributed by atoms with Crippen molar-refractivity contribution in [3.8, 4) is 0 Å². The molecule has 2 aromatic heterocycles. The molecule has 10 nitrogen and oxygen atoms in total. The van der Waals surface area contributed by atoms with Crippen LogP contribution >= 0.6 is 0 Å². The second-order valence-electron chi connectivity index (χ2n) is 9.68. The van der Waals surface area contributed by atoms with Crippen LogP contribution in [-0.2, 0) is 6.54 Å². The maximum Gasteiger partial charge on any atom is 0.220 e. The average Bonchev–Trinajstić information content (AvgIpc) is 3.32. The molecule has 0 N–H and O–H groups in total. The van der Waals surface area contributed by atoms with Crippen LogP contribution in [0.25, 0.3) is 0 Å². The number of aromatic nitrogens is 4. The lowest BCUT2D eigenvalue weighted by molar-refractivity contribution is -0.749. The van der Waals surface area contributed by atoms with Crippen molar-refractivity contribution in [2.75, 3.05) is 37.6 Å². The first kappa shape index (κ1) is 24.6. The molecule has 1 aliphatic carbocycles. The van der Waals surface area contributed by atoms with E-state index in [0.29, 0.717) is 34.6 Å². The van der Waals surface area contributed by atoms with Crippen molar-refractivity contribution < 1.29 is 19.3 Å². The van der Waals surface area contributed by atoms with Gasteiger partial charge in [-0.1, -0.05) is 24.3 Å². The van der Waals surface area contributed by atoms with Gasteiger partial charge in [-0.05, 0) is 42.8 Å². The zero-order valence-corrected chi connectivity index (χ0v) is 21.2. The average molecular weight is 523 g/mol. The summed E-state index contributed by atoms with van der Waals surface area (Å²) in [7, 11) is 0. The Hall–Kier alpha value is -4.70. The van der Waals surface area contributed by atoms with Crippen molar-refractivity contribution in [3.05, 3.63) is 112 Å². The van der Waals surface area contributed by atoms with Gasteiger partial charge < -0.3 is 10.1 Å². The normalized spacial score (nSPS) is 15.2. The molecule has 1 aliphatic heterocycles. The minimum absolute atomic E-state index is 0.0479. The number of hydrogen-bond acceptors (Lipinski definition) is 8. The third-order valence-electron chi connectivity index (χ3n) is 7.36. The largest absolute Gasteiger partial charge is 0.571 e. The van der Waals surface area contributed by atoms with Gasteiger partial charge in [-0.15, -0.1) is 4.68 Å². The highest BCUT2D eigenvalue weighted by Gasteiger charge is 2.39. The van der Waals surface area contributed by atoms with E-state index in [4.69, 9.17) is 0 Å². The van der Waals surface area contributed by atoms with E-state index in [2.05, 4.69) is 19.9 Å². The Morgan fingerprint density at radius 1 is 0.846 bits per heavy atom. The smallest absolute Gasteiger partial charge is 0.220 e. The monoisotopic (exact) mass is 522 g/mol. The number of nitrogens with zero attached hydrogens (tertiary/aromatic N) is 6. The first-order chi connectivity index (χ1) is 19.0. The topological polar surface area (TPSA) is 115 Å². The van der Waals surface area contributed by atoms with E-state index < -0.39 is 5.78 Å². The van der Waals surface area contributed by atoms with Crippen LogP contribution in [0, 0.1) is 5.21 Å². The Kier molecular flexibility index (Phi) is 6.45. The molecular formula is C29H26N6O4. The summed E-state index contributed by atoms with van der Waals surface area (Å²) in [6.45, 7) is 4.41. The van der Waals surface area contributed by atoms with Crippen LogP contribution in [-0.4, -0.2) is 69.7 Å². The van der Waals surface area contributed by atoms with E-state index in [0.717, 1.165) is 38.4 Å². The molecule has 0 atom stereocenters. The second-order valence-corrected chi connectivity index (χ2v) is 9.68. The predicted octanol–water partition coefficient (Wildman–Crippen LogP) is 2.13. The van der Waals surface area contributed by atoms with Gasteiger partial charge in [0.2, 0.25) is 17.3 Å². The van der Waals surface area contributed by atoms with E-state index in [-0.39, 0.29) is 28.5 Å². The zero-order valence-electron chi connectivity index (χ0n) is 21.2. The van der Waals surface area contributed by atoms with Crippen LogP contribution in [0.15, 0.2) is 73.1 Å². The van der Waals surface area contributed by atoms with Crippen molar-refractivity contribution >= 4 is 23.0 Å². The highest BCUT2D eigenvalue weighted by molar-refractivity contribution is 6.26. The first-order valence-electron chi connectivity index (χ1n) is 12.9. The molecule has 2 aromatic carbocycles. The third-order valence-corrected chi connectivity index (χ3v) is 7.36. The predicted molar refractivity (Wildman–Crippen MR) is 142 cm³/mol. The van der Waals surface area contributed by atoms with E-state index in [1.165, 1.54) is 4.68 Å². The van der Waals surface area contributed by atoms with Crippen LogP contribution in [0.3, 0.4) is 0 Å². The van der Waals surface area contributed by atoms with Gasteiger partial charge in [0.05, 0.1) is 6.54 Å². The molecule has 1 saturated heterocycles. The Balaban J connectivity index is 1.04. The SMILES string of the molecule is O=C(c1ccc(N2CCN(CCCn3c4c(n[n+]3[O-])C(=O)c3ccccc3C4=O)CC2)cc1)c1cccnc1. The molecule has 2 aliphatic rings. The molecule has 0 amide bonds. The number of piperazine rings is 1. The third kappa shape index (κ3) is 4.59. The molecule has 1 fully saturated rings. The van der Waals surface area contributed by atoms with E-state index in [1.54, 1.807) is 48.8 Å². The van der Waals surface area contributed by atoms with Gasteiger partial charge in [0.1, 0.15) is 0 Å². The van der Waals surface area contributed by atoms with Gasteiger partial charge in [-0.3, -0.25) is 24.3 Å². The molecule has 0 bridgehead atoms. The lowest BCUT2D eigenvalue weighted by atomic mass is 9.90. The Morgan fingerprint density at radius 3 is 2.26 bits per heavy atom. The van der Waals surface area contributed by atoms with Crippen LogP contribution in [0.2, 0.25) is 0 Å². The summed E-state index contributed by atoms with van der Waals surface area (Å²) >= 11 is 0. The number of carbonyl (C=O) groups is 3. The summed E-state index contributed by atoms with van der Waals surface area (Å²) in [4.78, 5) is 47.5. The number of pyridine rings is 1. The quantitative estimate of drug-likeness (QED) is 0.181. The highest BCUT2D eigenvalue weighted by Crippen LogP contribution is 2.25. The summed E-state index contributed by atoms with van der Waals surface area (Å²) in [6.07, 6.45) is 3.86. The van der Waals surface area contributed by atoms with E-state index >= 15 is 0 Å². The van der Waals surface area contributed by atoms with Gasteiger partial charge in [0.25, 0.3) is 0 Å². The molecule has 0 saturated carbocycles. The number of anilines is 1. The Labute approximate surface area is 224 Å².